The number of pyridine rings is 1. The molecule has 0 saturated carbocycles. The second kappa shape index (κ2) is 5.89. The Kier molecular flexibility index (Phi) is 4.23. The van der Waals surface area contributed by atoms with Gasteiger partial charge >= 0.3 is 0 Å². The lowest BCUT2D eigenvalue weighted by Gasteiger charge is -2.12. The number of rotatable bonds is 5. The predicted octanol–water partition coefficient (Wildman–Crippen LogP) is 3.18. The lowest BCUT2D eigenvalue weighted by atomic mass is 10.2. The fourth-order valence-corrected chi connectivity index (χ4v) is 2.32. The Morgan fingerprint density at radius 3 is 2.94 bits per heavy atom. The monoisotopic (exact) mass is 250 g/mol. The van der Waals surface area contributed by atoms with Gasteiger partial charge in [-0.3, -0.25) is 4.98 Å². The van der Waals surface area contributed by atoms with Crippen LogP contribution >= 0.6 is 11.3 Å². The molecule has 2 heterocycles. The van der Waals surface area contributed by atoms with Crippen LogP contribution in [-0.2, 0) is 6.42 Å². The zero-order chi connectivity index (χ0) is 12.1. The normalized spacial score (nSPS) is 12.6. The van der Waals surface area contributed by atoms with E-state index in [1.54, 1.807) is 17.4 Å². The number of hydrogen-bond acceptors (Lipinski definition) is 3. The first-order valence-corrected chi connectivity index (χ1v) is 6.56. The highest BCUT2D eigenvalue weighted by Crippen LogP contribution is 2.10. The van der Waals surface area contributed by atoms with Gasteiger partial charge in [0.2, 0.25) is 0 Å². The maximum Gasteiger partial charge on any atom is 0.141 e. The molecule has 0 saturated heterocycles. The molecule has 1 N–H and O–H groups in total. The molecule has 0 aliphatic rings. The van der Waals surface area contributed by atoms with E-state index in [0.29, 0.717) is 0 Å². The number of halogens is 1. The van der Waals surface area contributed by atoms with Crippen LogP contribution in [0.4, 0.5) is 4.39 Å². The summed E-state index contributed by atoms with van der Waals surface area (Å²) in [5, 5.41) is 7.62. The van der Waals surface area contributed by atoms with Crippen LogP contribution < -0.4 is 5.32 Å². The molecular formula is C13H15FN2S. The summed E-state index contributed by atoms with van der Waals surface area (Å²) in [4.78, 5) is 4.06. The van der Waals surface area contributed by atoms with E-state index >= 15 is 0 Å². The third-order valence-corrected chi connectivity index (χ3v) is 3.37. The van der Waals surface area contributed by atoms with Crippen LogP contribution in [0.15, 0.2) is 35.2 Å². The summed E-state index contributed by atoms with van der Waals surface area (Å²) in [5.41, 5.74) is 2.22. The first-order valence-electron chi connectivity index (χ1n) is 5.61. The number of hydrogen-bond donors (Lipinski definition) is 1. The highest BCUT2D eigenvalue weighted by atomic mass is 32.1. The molecular weight excluding hydrogens is 235 g/mol. The molecule has 0 spiro atoms. The Hall–Kier alpha value is -1.26. The van der Waals surface area contributed by atoms with Gasteiger partial charge in [0.1, 0.15) is 5.82 Å². The van der Waals surface area contributed by atoms with Gasteiger partial charge in [0.15, 0.2) is 0 Å². The highest BCUT2D eigenvalue weighted by molar-refractivity contribution is 7.07. The Labute approximate surface area is 105 Å². The minimum atomic E-state index is -0.292. The average molecular weight is 250 g/mol. The third kappa shape index (κ3) is 3.61. The second-order valence-electron chi connectivity index (χ2n) is 3.96. The lowest BCUT2D eigenvalue weighted by Crippen LogP contribution is -2.22. The van der Waals surface area contributed by atoms with Crippen molar-refractivity contribution in [2.24, 2.45) is 0 Å². The molecule has 0 aromatic carbocycles. The van der Waals surface area contributed by atoms with Crippen molar-refractivity contribution in [2.75, 3.05) is 6.54 Å². The van der Waals surface area contributed by atoms with E-state index in [9.17, 15) is 4.39 Å². The van der Waals surface area contributed by atoms with Gasteiger partial charge in [-0.25, -0.2) is 4.39 Å². The Morgan fingerprint density at radius 2 is 2.29 bits per heavy atom. The van der Waals surface area contributed by atoms with Crippen LogP contribution in [0.25, 0.3) is 0 Å². The van der Waals surface area contributed by atoms with Crippen molar-refractivity contribution < 1.29 is 4.39 Å². The van der Waals surface area contributed by atoms with Gasteiger partial charge in [-0.1, -0.05) is 0 Å². The molecule has 2 aromatic rings. The van der Waals surface area contributed by atoms with Crippen molar-refractivity contribution in [2.45, 2.75) is 19.4 Å². The first kappa shape index (κ1) is 12.2. The van der Waals surface area contributed by atoms with Crippen molar-refractivity contribution in [3.05, 3.63) is 52.2 Å². The molecule has 90 valence electrons. The first-order chi connectivity index (χ1) is 8.25. The fourth-order valence-electron chi connectivity index (χ4n) is 1.62. The molecule has 0 aliphatic heterocycles. The van der Waals surface area contributed by atoms with E-state index in [4.69, 9.17) is 0 Å². The summed E-state index contributed by atoms with van der Waals surface area (Å²) in [6.45, 7) is 2.94. The Morgan fingerprint density at radius 1 is 1.41 bits per heavy atom. The zero-order valence-electron chi connectivity index (χ0n) is 9.69. The van der Waals surface area contributed by atoms with Gasteiger partial charge in [-0.05, 0) is 54.4 Å². The number of aromatic nitrogens is 1. The van der Waals surface area contributed by atoms with Gasteiger partial charge in [0.25, 0.3) is 0 Å². The molecule has 0 fully saturated rings. The van der Waals surface area contributed by atoms with Gasteiger partial charge in [-0.2, -0.15) is 11.3 Å². The van der Waals surface area contributed by atoms with Crippen molar-refractivity contribution in [1.29, 1.82) is 0 Å². The van der Waals surface area contributed by atoms with E-state index in [2.05, 4.69) is 27.1 Å². The van der Waals surface area contributed by atoms with Crippen LogP contribution in [0.2, 0.25) is 0 Å². The molecule has 2 rings (SSSR count). The smallest absolute Gasteiger partial charge is 0.141 e. The number of nitrogens with one attached hydrogen (secondary N) is 1. The standard InChI is InChI=1S/C13H15FN2S/c1-10(13-3-2-12(14)8-16-13)15-6-4-11-5-7-17-9-11/h2-3,5,7-10,15H,4,6H2,1H3. The maximum atomic E-state index is 12.7. The van der Waals surface area contributed by atoms with Crippen molar-refractivity contribution in [3.63, 3.8) is 0 Å². The van der Waals surface area contributed by atoms with Crippen LogP contribution in [0, 0.1) is 5.82 Å². The Balaban J connectivity index is 1.81. The average Bonchev–Trinajstić information content (AvgIpc) is 2.83. The molecule has 0 bridgehead atoms. The molecule has 0 amide bonds. The highest BCUT2D eigenvalue weighted by Gasteiger charge is 2.05. The van der Waals surface area contributed by atoms with Gasteiger partial charge in [0, 0.05) is 6.04 Å². The SMILES string of the molecule is CC(NCCc1ccsc1)c1ccc(F)cn1. The predicted molar refractivity (Wildman–Crippen MR) is 68.6 cm³/mol. The van der Waals surface area contributed by atoms with Crippen LogP contribution in [0.1, 0.15) is 24.2 Å². The van der Waals surface area contributed by atoms with Gasteiger partial charge in [0.05, 0.1) is 11.9 Å². The molecule has 2 aromatic heterocycles. The quantitative estimate of drug-likeness (QED) is 0.881. The van der Waals surface area contributed by atoms with Crippen LogP contribution in [-0.4, -0.2) is 11.5 Å². The summed E-state index contributed by atoms with van der Waals surface area (Å²) in [6.07, 6.45) is 2.27. The summed E-state index contributed by atoms with van der Waals surface area (Å²) < 4.78 is 12.7. The van der Waals surface area contributed by atoms with Gasteiger partial charge in [-0.15, -0.1) is 0 Å². The maximum absolute atomic E-state index is 12.7. The van der Waals surface area contributed by atoms with E-state index in [1.807, 2.05) is 6.92 Å². The molecule has 4 heteroatoms. The van der Waals surface area contributed by atoms with E-state index in [-0.39, 0.29) is 11.9 Å². The zero-order valence-corrected chi connectivity index (χ0v) is 10.5. The summed E-state index contributed by atoms with van der Waals surface area (Å²) in [6, 6.07) is 5.44. The lowest BCUT2D eigenvalue weighted by molar-refractivity contribution is 0.557. The minimum absolute atomic E-state index is 0.147. The summed E-state index contributed by atoms with van der Waals surface area (Å²) >= 11 is 1.71. The Bertz CT molecular complexity index is 439. The third-order valence-electron chi connectivity index (χ3n) is 2.64. The van der Waals surface area contributed by atoms with Crippen molar-refractivity contribution in [3.8, 4) is 0 Å². The molecule has 17 heavy (non-hydrogen) atoms. The molecule has 1 unspecified atom stereocenters. The van der Waals surface area contributed by atoms with Gasteiger partial charge < -0.3 is 5.32 Å². The molecule has 2 nitrogen and oxygen atoms in total. The molecule has 1 atom stereocenters. The van der Waals surface area contributed by atoms with Crippen LogP contribution in [0.5, 0.6) is 0 Å². The number of nitrogens with zero attached hydrogens (tertiary/aromatic N) is 1. The van der Waals surface area contributed by atoms with E-state index in [0.717, 1.165) is 18.7 Å². The second-order valence-corrected chi connectivity index (χ2v) is 4.74. The molecule has 0 radical (unpaired) electrons. The minimum Gasteiger partial charge on any atom is -0.309 e. The van der Waals surface area contributed by atoms with E-state index < -0.39 is 0 Å². The van der Waals surface area contributed by atoms with Crippen molar-refractivity contribution >= 4 is 11.3 Å². The fraction of sp³-hybridized carbons (Fsp3) is 0.308. The van der Waals surface area contributed by atoms with E-state index in [1.165, 1.54) is 17.8 Å². The largest absolute Gasteiger partial charge is 0.309 e. The summed E-state index contributed by atoms with van der Waals surface area (Å²) in [5.74, 6) is -0.292. The van der Waals surface area contributed by atoms with Crippen LogP contribution in [0.3, 0.4) is 0 Å². The topological polar surface area (TPSA) is 24.9 Å². The number of thiophene rings is 1. The van der Waals surface area contributed by atoms with Crippen molar-refractivity contribution in [1.82, 2.24) is 10.3 Å². The summed E-state index contributed by atoms with van der Waals surface area (Å²) in [7, 11) is 0. The molecule has 0 aliphatic carbocycles.